The van der Waals surface area contributed by atoms with Gasteiger partial charge in [0.25, 0.3) is 0 Å². The van der Waals surface area contributed by atoms with Crippen molar-refractivity contribution in [1.29, 1.82) is 0 Å². The number of fused-ring (bicyclic) bond motifs is 7. The molecule has 7 fully saturated rings. The largest absolute Gasteiger partial charge is 0.502 e. The highest BCUT2D eigenvalue weighted by Gasteiger charge is 2.71. The van der Waals surface area contributed by atoms with Gasteiger partial charge in [0.05, 0.1) is 43.4 Å². The highest BCUT2D eigenvalue weighted by Crippen LogP contribution is 2.76. The van der Waals surface area contributed by atoms with Crippen LogP contribution in [0.1, 0.15) is 120 Å². The molecule has 11 N–H and O–H groups in total. The number of rotatable bonds is 12. The van der Waals surface area contributed by atoms with E-state index in [1.807, 2.05) is 6.92 Å². The quantitative estimate of drug-likeness (QED) is 0.0738. The summed E-state index contributed by atoms with van der Waals surface area (Å²) in [5.41, 5.74) is -1.95. The molecule has 4 aliphatic heterocycles. The third-order valence-corrected chi connectivity index (χ3v) is 20.9. The summed E-state index contributed by atoms with van der Waals surface area (Å²) in [4.78, 5) is 39.0. The minimum absolute atomic E-state index is 0.0896. The van der Waals surface area contributed by atoms with Gasteiger partial charge in [-0.2, -0.15) is 0 Å². The first-order valence-electron chi connectivity index (χ1n) is 27.1. The normalized spacial score (nSPS) is 52.2. The van der Waals surface area contributed by atoms with Gasteiger partial charge in [0.15, 0.2) is 30.7 Å². The number of ether oxygens (including phenoxy) is 8. The van der Waals surface area contributed by atoms with Crippen molar-refractivity contribution in [1.82, 2.24) is 0 Å². The van der Waals surface area contributed by atoms with Crippen LogP contribution < -0.4 is 0 Å². The number of aliphatic hydroxyl groups is 10. The van der Waals surface area contributed by atoms with Crippen LogP contribution in [0.15, 0.2) is 23.2 Å². The summed E-state index contributed by atoms with van der Waals surface area (Å²) in [6.45, 7) is 14.9. The van der Waals surface area contributed by atoms with E-state index in [1.54, 1.807) is 0 Å². The fourth-order valence-corrected chi connectivity index (χ4v) is 16.3. The molecule has 0 amide bonds. The number of aliphatic hydroxyl groups excluding tert-OH is 10. The molecule has 5 aliphatic carbocycles. The lowest BCUT2D eigenvalue weighted by Gasteiger charge is -2.71. The molecule has 9 rings (SSSR count). The number of hydrogen-bond acceptors (Lipinski definition) is 21. The van der Waals surface area contributed by atoms with E-state index in [4.69, 9.17) is 37.9 Å². The zero-order chi connectivity index (χ0) is 55.6. The lowest BCUT2D eigenvalue weighted by atomic mass is 9.33. The molecular formula is C54H82O22. The van der Waals surface area contributed by atoms with Crippen LogP contribution in [-0.4, -0.2) is 198 Å². The lowest BCUT2D eigenvalue weighted by Crippen LogP contribution is -2.68. The van der Waals surface area contributed by atoms with Gasteiger partial charge in [0, 0.05) is 5.41 Å². The Morgan fingerprint density at radius 3 is 2.03 bits per heavy atom. The molecule has 76 heavy (non-hydrogen) atoms. The van der Waals surface area contributed by atoms with Crippen LogP contribution in [0.4, 0.5) is 0 Å². The molecule has 0 radical (unpaired) electrons. The molecule has 4 heterocycles. The zero-order valence-electron chi connectivity index (χ0n) is 44.7. The average Bonchev–Trinajstić information content (AvgIpc) is 3.54. The maximum atomic E-state index is 13.8. The fourth-order valence-electron chi connectivity index (χ4n) is 16.3. The molecule has 9 aliphatic rings. The van der Waals surface area contributed by atoms with Gasteiger partial charge in [-0.3, -0.25) is 4.79 Å². The molecule has 0 aromatic heterocycles. The Hall–Kier alpha value is -2.75. The molecule has 22 nitrogen and oxygen atoms in total. The van der Waals surface area contributed by atoms with Crippen LogP contribution in [0.25, 0.3) is 0 Å². The minimum Gasteiger partial charge on any atom is -0.502 e. The van der Waals surface area contributed by atoms with E-state index in [1.165, 1.54) is 19.4 Å². The number of carboxylic acid groups (broad SMARTS) is 1. The van der Waals surface area contributed by atoms with Crippen molar-refractivity contribution in [3.8, 4) is 0 Å². The smallest absolute Gasteiger partial charge is 0.335 e. The van der Waals surface area contributed by atoms with Gasteiger partial charge in [0.1, 0.15) is 73.1 Å². The maximum Gasteiger partial charge on any atom is 0.335 e. The molecule has 26 atom stereocenters. The first-order valence-corrected chi connectivity index (χ1v) is 27.1. The second-order valence-corrected chi connectivity index (χ2v) is 25.5. The average molecular weight is 1080 g/mol. The van der Waals surface area contributed by atoms with Gasteiger partial charge in [-0.15, -0.1) is 0 Å². The van der Waals surface area contributed by atoms with E-state index in [0.717, 1.165) is 19.1 Å². The predicted molar refractivity (Wildman–Crippen MR) is 260 cm³/mol. The van der Waals surface area contributed by atoms with Gasteiger partial charge in [0.2, 0.25) is 12.1 Å². The number of Topliss-reactive ketones (excluding diaryl/α,β-unsaturated/α-hetero) is 1. The van der Waals surface area contributed by atoms with Crippen LogP contribution in [0.3, 0.4) is 0 Å². The van der Waals surface area contributed by atoms with Gasteiger partial charge < -0.3 is 98.9 Å². The van der Waals surface area contributed by atoms with Crippen molar-refractivity contribution in [3.63, 3.8) is 0 Å². The summed E-state index contributed by atoms with van der Waals surface area (Å²) in [5, 5.41) is 119. The molecule has 430 valence electrons. The molecule has 0 aromatic carbocycles. The summed E-state index contributed by atoms with van der Waals surface area (Å²) in [6, 6.07) is 0. The number of aliphatic carboxylic acids is 1. The van der Waals surface area contributed by atoms with Gasteiger partial charge in [-0.05, 0) is 111 Å². The summed E-state index contributed by atoms with van der Waals surface area (Å²) in [7, 11) is 0. The monoisotopic (exact) mass is 1080 g/mol. The Balaban J connectivity index is 0.988. The number of aldehydes is 1. The standard InChI is InChI=1S/C54H82O22/c1-23-34(59)27(58)17-33(69-23)72-32-19-49(3,4)18-26-25-9-10-30-50(5)13-12-31(51(6,21-56)29(50)11-14-53(30,8)52(25,7)15-16-54(26,32)22-57)73-48-44(40(65)39(64)42(74-48)45(67)68)76-47-43(38(63)36(61)28(20-55)71-47)75-46-41(66)37(62)35(60)24(2)70-46/h9,22,24,26,28-33,35-44,46-48,55-56,59-66H,10-21H2,1-8H3,(H,67,68)/t24-,26+,28-,29-,30-,31+,32-,33-,35+,36+,37-,38+,39+,40+,41-,42+,43-,44-,46+,47+,48-,50+,51-,52-,53-,54+/m1/s1. The van der Waals surface area contributed by atoms with Crippen LogP contribution in [0, 0.1) is 50.2 Å². The third kappa shape index (κ3) is 9.13. The van der Waals surface area contributed by atoms with E-state index in [-0.39, 0.29) is 52.8 Å². The molecular weight excluding hydrogens is 1000 g/mol. The molecule has 4 saturated carbocycles. The number of carbonyl (C=O) groups excluding carboxylic acids is 2. The fraction of sp³-hybridized carbons (Fsp3) is 0.870. The van der Waals surface area contributed by atoms with Gasteiger partial charge >= 0.3 is 5.97 Å². The van der Waals surface area contributed by atoms with Gasteiger partial charge in [-0.25, -0.2) is 4.79 Å². The summed E-state index contributed by atoms with van der Waals surface area (Å²) in [6.07, 6.45) is -20.4. The summed E-state index contributed by atoms with van der Waals surface area (Å²) >= 11 is 0. The Kier molecular flexibility index (Phi) is 15.7. The van der Waals surface area contributed by atoms with E-state index in [9.17, 15) is 70.6 Å². The van der Waals surface area contributed by atoms with Gasteiger partial charge in [-0.1, -0.05) is 53.2 Å². The van der Waals surface area contributed by atoms with Crippen LogP contribution in [0.5, 0.6) is 0 Å². The van der Waals surface area contributed by atoms with Crippen molar-refractivity contribution >= 4 is 18.0 Å². The molecule has 0 bridgehead atoms. The number of ketones is 1. The Bertz CT molecular complexity index is 2260. The number of hydrogen-bond donors (Lipinski definition) is 11. The summed E-state index contributed by atoms with van der Waals surface area (Å²) < 4.78 is 48.8. The molecule has 0 spiro atoms. The SMILES string of the molecule is CC1=C(O)C(=O)C[C@@H](O[C@@H]2CC(C)(C)C[C@H]3C4=CC[C@@H]5[C@@]6(C)CC[C@H](O[C@@H]7O[C@H](C(=O)O)[C@@H](O)[C@H](O)[C@H]7O[C@@H]7O[C@H](CO)[C@H](O)[C@H](O)[C@H]7O[C@@H]7O[C@H](C)[C@H](O)[C@@H](O)[C@H]7O)[C@](C)(CO)[C@@H]6CC[C@@]5(C)[C@]4(C)CC[C@@]23C=O)O1. The van der Waals surface area contributed by atoms with E-state index < -0.39 is 151 Å². The van der Waals surface area contributed by atoms with Crippen molar-refractivity contribution in [2.45, 2.75) is 230 Å². The zero-order valence-corrected chi connectivity index (χ0v) is 44.7. The maximum absolute atomic E-state index is 13.8. The third-order valence-electron chi connectivity index (χ3n) is 20.9. The van der Waals surface area contributed by atoms with Crippen LogP contribution >= 0.6 is 0 Å². The Labute approximate surface area is 442 Å². The van der Waals surface area contributed by atoms with E-state index in [0.29, 0.717) is 44.9 Å². The van der Waals surface area contributed by atoms with Crippen molar-refractivity contribution < 1.29 is 108 Å². The van der Waals surface area contributed by atoms with Crippen LogP contribution in [0.2, 0.25) is 0 Å². The first kappa shape index (κ1) is 57.9. The molecule has 0 unspecified atom stereocenters. The van der Waals surface area contributed by atoms with Crippen molar-refractivity contribution in [2.75, 3.05) is 13.2 Å². The molecule has 0 aromatic rings. The number of carbonyl (C=O) groups is 3. The first-order chi connectivity index (χ1) is 35.6. The van der Waals surface area contributed by atoms with E-state index >= 15 is 0 Å². The highest BCUT2D eigenvalue weighted by atomic mass is 16.8. The second-order valence-electron chi connectivity index (χ2n) is 25.5. The predicted octanol–water partition coefficient (Wildman–Crippen LogP) is 1.01. The highest BCUT2D eigenvalue weighted by molar-refractivity contribution is 5.94. The topological polar surface area (TPSA) is 348 Å². The number of carboxylic acids is 1. The Morgan fingerprint density at radius 1 is 0.737 bits per heavy atom. The number of allylic oxidation sites excluding steroid dienone is 4. The van der Waals surface area contributed by atoms with Crippen molar-refractivity contribution in [2.24, 2.45) is 50.2 Å². The van der Waals surface area contributed by atoms with E-state index in [2.05, 4.69) is 40.7 Å². The van der Waals surface area contributed by atoms with Crippen LogP contribution in [-0.2, 0) is 52.3 Å². The molecule has 22 heteroatoms. The summed E-state index contributed by atoms with van der Waals surface area (Å²) in [5.74, 6) is -2.69. The Morgan fingerprint density at radius 2 is 1.39 bits per heavy atom. The molecule has 3 saturated heterocycles. The minimum atomic E-state index is -2.11. The lowest BCUT2D eigenvalue weighted by molar-refractivity contribution is -0.396. The van der Waals surface area contributed by atoms with Crippen molar-refractivity contribution in [3.05, 3.63) is 23.2 Å². The second kappa shape index (κ2) is 20.7.